The summed E-state index contributed by atoms with van der Waals surface area (Å²) >= 11 is 0. The van der Waals surface area contributed by atoms with Gasteiger partial charge in [-0.25, -0.2) is 4.79 Å². The van der Waals surface area contributed by atoms with Crippen molar-refractivity contribution < 1.29 is 19.0 Å². The molecule has 0 aliphatic rings. The Balaban J connectivity index is 3.14. The minimum Gasteiger partial charge on any atom is -0.497 e. The maximum Gasteiger partial charge on any atom is 0.327 e. The first-order valence-electron chi connectivity index (χ1n) is 7.21. The SMILES string of the molecule is CCOC(=O)C(NC(C)CC)c1ccc(OC)cc1OC. The molecule has 5 nitrogen and oxygen atoms in total. The summed E-state index contributed by atoms with van der Waals surface area (Å²) in [6.07, 6.45) is 0.911. The van der Waals surface area contributed by atoms with Gasteiger partial charge in [0.25, 0.3) is 0 Å². The minimum atomic E-state index is -0.555. The molecule has 0 radical (unpaired) electrons. The molecule has 0 saturated heterocycles. The molecule has 1 aromatic rings. The second kappa shape index (κ2) is 8.52. The van der Waals surface area contributed by atoms with Crippen LogP contribution in [-0.2, 0) is 9.53 Å². The Kier molecular flexibility index (Phi) is 7.02. The van der Waals surface area contributed by atoms with Gasteiger partial charge < -0.3 is 14.2 Å². The van der Waals surface area contributed by atoms with Gasteiger partial charge in [-0.3, -0.25) is 5.32 Å². The second-order valence-electron chi connectivity index (χ2n) is 4.77. The Morgan fingerprint density at radius 3 is 2.48 bits per heavy atom. The standard InChI is InChI=1S/C16H25NO4/c1-6-11(3)17-15(16(18)21-7-2)13-9-8-12(19-4)10-14(13)20-5/h8-11,15,17H,6-7H2,1-5H3. The summed E-state index contributed by atoms with van der Waals surface area (Å²) in [5.41, 5.74) is 0.747. The summed E-state index contributed by atoms with van der Waals surface area (Å²) in [6.45, 7) is 6.23. The fourth-order valence-electron chi connectivity index (χ4n) is 1.97. The number of carbonyl (C=O) groups excluding carboxylic acids is 1. The summed E-state index contributed by atoms with van der Waals surface area (Å²) in [7, 11) is 3.17. The van der Waals surface area contributed by atoms with E-state index in [1.54, 1.807) is 27.2 Å². The molecule has 1 aromatic carbocycles. The van der Waals surface area contributed by atoms with Gasteiger partial charge in [0, 0.05) is 17.7 Å². The third kappa shape index (κ3) is 4.63. The van der Waals surface area contributed by atoms with Gasteiger partial charge in [-0.15, -0.1) is 0 Å². The number of hydrogen-bond acceptors (Lipinski definition) is 5. The average molecular weight is 295 g/mol. The van der Waals surface area contributed by atoms with E-state index < -0.39 is 6.04 Å². The molecule has 0 aliphatic carbocycles. The number of ether oxygens (including phenoxy) is 3. The maximum absolute atomic E-state index is 12.2. The predicted molar refractivity (Wildman–Crippen MR) is 81.8 cm³/mol. The molecule has 1 N–H and O–H groups in total. The molecule has 2 unspecified atom stereocenters. The van der Waals surface area contributed by atoms with E-state index in [1.165, 1.54) is 0 Å². The molecule has 0 aromatic heterocycles. The van der Waals surface area contributed by atoms with Crippen molar-refractivity contribution in [1.29, 1.82) is 0 Å². The topological polar surface area (TPSA) is 56.8 Å². The van der Waals surface area contributed by atoms with Gasteiger partial charge in [0.05, 0.1) is 20.8 Å². The quantitative estimate of drug-likeness (QED) is 0.747. The van der Waals surface area contributed by atoms with E-state index in [0.29, 0.717) is 18.1 Å². The minimum absolute atomic E-state index is 0.186. The fourth-order valence-corrected chi connectivity index (χ4v) is 1.97. The smallest absolute Gasteiger partial charge is 0.327 e. The lowest BCUT2D eigenvalue weighted by molar-refractivity contribution is -0.146. The summed E-state index contributed by atoms with van der Waals surface area (Å²) in [6, 6.07) is 5.03. The molecule has 0 saturated carbocycles. The Morgan fingerprint density at radius 1 is 1.24 bits per heavy atom. The van der Waals surface area contributed by atoms with Crippen LogP contribution >= 0.6 is 0 Å². The van der Waals surface area contributed by atoms with Gasteiger partial charge in [-0.05, 0) is 32.4 Å². The highest BCUT2D eigenvalue weighted by Crippen LogP contribution is 2.30. The van der Waals surface area contributed by atoms with Gasteiger partial charge in [0.15, 0.2) is 0 Å². The van der Waals surface area contributed by atoms with Crippen LogP contribution in [0.25, 0.3) is 0 Å². The van der Waals surface area contributed by atoms with Crippen LogP contribution in [0.3, 0.4) is 0 Å². The van der Waals surface area contributed by atoms with Crippen molar-refractivity contribution in [3.05, 3.63) is 23.8 Å². The van der Waals surface area contributed by atoms with E-state index in [1.807, 2.05) is 19.1 Å². The monoisotopic (exact) mass is 295 g/mol. The molecule has 0 spiro atoms. The van der Waals surface area contributed by atoms with Crippen LogP contribution in [0.15, 0.2) is 18.2 Å². The molecule has 0 heterocycles. The Bertz CT molecular complexity index is 462. The van der Waals surface area contributed by atoms with Crippen LogP contribution in [0.4, 0.5) is 0 Å². The Morgan fingerprint density at radius 2 is 1.95 bits per heavy atom. The molecule has 21 heavy (non-hydrogen) atoms. The largest absolute Gasteiger partial charge is 0.497 e. The first-order valence-corrected chi connectivity index (χ1v) is 7.21. The van der Waals surface area contributed by atoms with E-state index in [4.69, 9.17) is 14.2 Å². The molecule has 5 heteroatoms. The normalized spacial score (nSPS) is 13.4. The number of carbonyl (C=O) groups is 1. The van der Waals surface area contributed by atoms with E-state index in [-0.39, 0.29) is 12.0 Å². The lowest BCUT2D eigenvalue weighted by Gasteiger charge is -2.23. The lowest BCUT2D eigenvalue weighted by Crippen LogP contribution is -2.36. The van der Waals surface area contributed by atoms with Crippen molar-refractivity contribution in [2.24, 2.45) is 0 Å². The first-order chi connectivity index (χ1) is 10.1. The van der Waals surface area contributed by atoms with E-state index in [2.05, 4.69) is 12.2 Å². The zero-order valence-electron chi connectivity index (χ0n) is 13.4. The molecule has 118 valence electrons. The lowest BCUT2D eigenvalue weighted by atomic mass is 10.0. The van der Waals surface area contributed by atoms with Gasteiger partial charge >= 0.3 is 5.97 Å². The third-order valence-electron chi connectivity index (χ3n) is 3.34. The summed E-state index contributed by atoms with van der Waals surface area (Å²) in [4.78, 5) is 12.2. The number of benzene rings is 1. The van der Waals surface area contributed by atoms with Crippen LogP contribution in [-0.4, -0.2) is 32.8 Å². The highest BCUT2D eigenvalue weighted by Gasteiger charge is 2.26. The van der Waals surface area contributed by atoms with Crippen molar-refractivity contribution in [3.63, 3.8) is 0 Å². The molecule has 1 rings (SSSR count). The van der Waals surface area contributed by atoms with Crippen LogP contribution < -0.4 is 14.8 Å². The van der Waals surface area contributed by atoms with Crippen molar-refractivity contribution >= 4 is 5.97 Å². The molecule has 0 aliphatic heterocycles. The van der Waals surface area contributed by atoms with E-state index >= 15 is 0 Å². The molecule has 2 atom stereocenters. The molecular formula is C16H25NO4. The first kappa shape index (κ1) is 17.3. The molecule has 0 bridgehead atoms. The number of methoxy groups -OCH3 is 2. The van der Waals surface area contributed by atoms with Crippen molar-refractivity contribution in [1.82, 2.24) is 5.32 Å². The second-order valence-corrected chi connectivity index (χ2v) is 4.77. The van der Waals surface area contributed by atoms with Crippen LogP contribution in [0.1, 0.15) is 38.8 Å². The Hall–Kier alpha value is -1.75. The molecule has 0 fully saturated rings. The highest BCUT2D eigenvalue weighted by molar-refractivity contribution is 5.79. The average Bonchev–Trinajstić information content (AvgIpc) is 2.51. The number of nitrogens with one attached hydrogen (secondary N) is 1. The zero-order valence-corrected chi connectivity index (χ0v) is 13.4. The number of hydrogen-bond donors (Lipinski definition) is 1. The highest BCUT2D eigenvalue weighted by atomic mass is 16.5. The summed E-state index contributed by atoms with van der Waals surface area (Å²) in [5.74, 6) is 0.978. The van der Waals surface area contributed by atoms with Crippen LogP contribution in [0.5, 0.6) is 11.5 Å². The van der Waals surface area contributed by atoms with Crippen molar-refractivity contribution in [2.45, 2.75) is 39.3 Å². The number of esters is 1. The van der Waals surface area contributed by atoms with Crippen molar-refractivity contribution in [3.8, 4) is 11.5 Å². The van der Waals surface area contributed by atoms with Crippen molar-refractivity contribution in [2.75, 3.05) is 20.8 Å². The predicted octanol–water partition coefficient (Wildman–Crippen LogP) is 2.70. The van der Waals surface area contributed by atoms with Crippen LogP contribution in [0, 0.1) is 0 Å². The fraction of sp³-hybridized carbons (Fsp3) is 0.562. The maximum atomic E-state index is 12.2. The van der Waals surface area contributed by atoms with Gasteiger partial charge in [-0.1, -0.05) is 6.92 Å². The van der Waals surface area contributed by atoms with Gasteiger partial charge in [-0.2, -0.15) is 0 Å². The Labute approximate surface area is 126 Å². The summed E-state index contributed by atoms with van der Waals surface area (Å²) in [5, 5.41) is 3.28. The number of rotatable bonds is 8. The summed E-state index contributed by atoms with van der Waals surface area (Å²) < 4.78 is 15.7. The van der Waals surface area contributed by atoms with Gasteiger partial charge in [0.2, 0.25) is 0 Å². The molecular weight excluding hydrogens is 270 g/mol. The van der Waals surface area contributed by atoms with E-state index in [0.717, 1.165) is 12.0 Å². The third-order valence-corrected chi connectivity index (χ3v) is 3.34. The van der Waals surface area contributed by atoms with Gasteiger partial charge in [0.1, 0.15) is 17.5 Å². The molecule has 0 amide bonds. The van der Waals surface area contributed by atoms with Crippen LogP contribution in [0.2, 0.25) is 0 Å². The zero-order chi connectivity index (χ0) is 15.8. The van der Waals surface area contributed by atoms with E-state index in [9.17, 15) is 4.79 Å².